The van der Waals surface area contributed by atoms with Gasteiger partial charge in [0.05, 0.1) is 11.3 Å². The minimum absolute atomic E-state index is 0.0376. The van der Waals surface area contributed by atoms with Gasteiger partial charge < -0.3 is 11.1 Å². The predicted molar refractivity (Wildman–Crippen MR) is 137 cm³/mol. The lowest BCUT2D eigenvalue weighted by atomic mass is 9.98. The second-order valence-corrected chi connectivity index (χ2v) is 10.2. The van der Waals surface area contributed by atoms with Crippen LogP contribution in [0.2, 0.25) is 0 Å². The van der Waals surface area contributed by atoms with Gasteiger partial charge in [-0.2, -0.15) is 0 Å². The number of nitrogens with zero attached hydrogens (tertiary/aromatic N) is 1. The van der Waals surface area contributed by atoms with E-state index in [1.54, 1.807) is 49.4 Å². The molecule has 0 radical (unpaired) electrons. The van der Waals surface area contributed by atoms with Crippen molar-refractivity contribution in [1.82, 2.24) is 15.2 Å². The summed E-state index contributed by atoms with van der Waals surface area (Å²) >= 11 is 0. The topological polar surface area (TPSA) is 145 Å². The number of hydrogen-bond acceptors (Lipinski definition) is 5. The first-order valence-electron chi connectivity index (χ1n) is 11.4. The van der Waals surface area contributed by atoms with Crippen LogP contribution in [-0.4, -0.2) is 37.6 Å². The van der Waals surface area contributed by atoms with Crippen molar-refractivity contribution in [3.05, 3.63) is 89.0 Å². The van der Waals surface area contributed by atoms with Crippen LogP contribution in [0, 0.1) is 5.41 Å². The Bertz CT molecular complexity index is 1470. The molecule has 0 saturated heterocycles. The Balaban J connectivity index is 1.43. The van der Waals surface area contributed by atoms with Gasteiger partial charge in [-0.15, -0.1) is 4.83 Å². The van der Waals surface area contributed by atoms with Gasteiger partial charge in [-0.05, 0) is 30.4 Å². The number of carbonyl (C=O) groups excluding carboxylic acids is 2. The number of sulfonamides is 1. The van der Waals surface area contributed by atoms with Crippen molar-refractivity contribution >= 4 is 38.4 Å². The summed E-state index contributed by atoms with van der Waals surface area (Å²) in [4.78, 5) is 28.2. The molecule has 0 aliphatic carbocycles. The summed E-state index contributed by atoms with van der Waals surface area (Å²) in [6, 6.07) is 19.0. The number of nitrogen functional groups attached to an aromatic ring is 1. The van der Waals surface area contributed by atoms with Gasteiger partial charge in [-0.25, -0.2) is 8.42 Å². The number of fused-ring (bicyclic) bond motifs is 1. The zero-order valence-electron chi connectivity index (χ0n) is 19.7. The van der Waals surface area contributed by atoms with E-state index in [0.717, 1.165) is 21.5 Å². The largest absolute Gasteiger partial charge is 0.384 e. The highest BCUT2D eigenvalue weighted by Gasteiger charge is 2.30. The number of hydrogen-bond donors (Lipinski definition) is 4. The van der Waals surface area contributed by atoms with Gasteiger partial charge in [0.1, 0.15) is 5.84 Å². The fraction of sp³-hybridized carbons (Fsp3) is 0.192. The van der Waals surface area contributed by atoms with Crippen LogP contribution >= 0.6 is 0 Å². The van der Waals surface area contributed by atoms with Crippen molar-refractivity contribution in [2.75, 3.05) is 6.54 Å². The Labute approximate surface area is 209 Å². The van der Waals surface area contributed by atoms with E-state index < -0.39 is 15.9 Å². The van der Waals surface area contributed by atoms with Gasteiger partial charge >= 0.3 is 0 Å². The van der Waals surface area contributed by atoms with Crippen LogP contribution in [0.15, 0.2) is 82.8 Å². The van der Waals surface area contributed by atoms with Crippen LogP contribution in [0.3, 0.4) is 0 Å². The van der Waals surface area contributed by atoms with E-state index in [4.69, 9.17) is 11.1 Å². The van der Waals surface area contributed by atoms with Crippen LogP contribution in [0.25, 0.3) is 10.8 Å². The molecule has 0 bridgehead atoms. The Kier molecular flexibility index (Phi) is 7.18. The SMILES string of the molecule is CC1=C(CC(=O)NCc2ccc(C(=N)N)cc2)C(=O)N(NS(=O)(=O)c2cccc3ccccc23)CC1. The molecule has 0 atom stereocenters. The molecule has 10 heteroatoms. The number of nitrogens with one attached hydrogen (secondary N) is 3. The van der Waals surface area contributed by atoms with E-state index in [9.17, 15) is 18.0 Å². The van der Waals surface area contributed by atoms with Gasteiger partial charge in [0.2, 0.25) is 5.91 Å². The first kappa shape index (κ1) is 25.1. The molecule has 3 aromatic rings. The highest BCUT2D eigenvalue weighted by Crippen LogP contribution is 2.25. The molecule has 0 spiro atoms. The van der Waals surface area contributed by atoms with Crippen molar-refractivity contribution in [3.63, 3.8) is 0 Å². The van der Waals surface area contributed by atoms with E-state index in [1.165, 1.54) is 6.07 Å². The molecule has 0 fully saturated rings. The number of amidine groups is 1. The summed E-state index contributed by atoms with van der Waals surface area (Å²) in [7, 11) is -4.04. The van der Waals surface area contributed by atoms with E-state index in [0.29, 0.717) is 17.4 Å². The molecule has 1 aliphatic heterocycles. The fourth-order valence-corrected chi connectivity index (χ4v) is 5.34. The Morgan fingerprint density at radius 3 is 2.47 bits per heavy atom. The maximum absolute atomic E-state index is 13.2. The van der Waals surface area contributed by atoms with E-state index in [-0.39, 0.29) is 41.7 Å². The third kappa shape index (κ3) is 5.45. The summed E-state index contributed by atoms with van der Waals surface area (Å²) in [6.45, 7) is 2.19. The van der Waals surface area contributed by atoms with Gasteiger partial charge in [-0.1, -0.05) is 66.2 Å². The van der Waals surface area contributed by atoms with Crippen molar-refractivity contribution in [2.24, 2.45) is 5.73 Å². The van der Waals surface area contributed by atoms with E-state index in [2.05, 4.69) is 10.1 Å². The average molecular weight is 506 g/mol. The Morgan fingerprint density at radius 1 is 1.06 bits per heavy atom. The minimum atomic E-state index is -4.04. The van der Waals surface area contributed by atoms with Crippen molar-refractivity contribution in [2.45, 2.75) is 31.2 Å². The summed E-state index contributed by atoms with van der Waals surface area (Å²) in [5, 5.41) is 12.6. The first-order valence-corrected chi connectivity index (χ1v) is 12.8. The van der Waals surface area contributed by atoms with Crippen LogP contribution in [-0.2, 0) is 26.2 Å². The molecule has 2 amide bonds. The van der Waals surface area contributed by atoms with Crippen LogP contribution < -0.4 is 15.9 Å². The highest BCUT2D eigenvalue weighted by molar-refractivity contribution is 7.89. The molecule has 186 valence electrons. The summed E-state index contributed by atoms with van der Waals surface area (Å²) in [6.07, 6.45) is 0.279. The first-order chi connectivity index (χ1) is 17.2. The van der Waals surface area contributed by atoms with Crippen LogP contribution in [0.1, 0.15) is 30.9 Å². The van der Waals surface area contributed by atoms with Crippen LogP contribution in [0.5, 0.6) is 0 Å². The second-order valence-electron chi connectivity index (χ2n) is 8.60. The molecule has 0 aromatic heterocycles. The molecule has 9 nitrogen and oxygen atoms in total. The van der Waals surface area contributed by atoms with Gasteiger partial charge in [-0.3, -0.25) is 20.0 Å². The smallest absolute Gasteiger partial charge is 0.265 e. The summed E-state index contributed by atoms with van der Waals surface area (Å²) < 4.78 is 26.3. The van der Waals surface area contributed by atoms with Crippen molar-refractivity contribution in [1.29, 1.82) is 5.41 Å². The number of carbonyl (C=O) groups is 2. The molecule has 1 heterocycles. The predicted octanol–water partition coefficient (Wildman–Crippen LogP) is 2.57. The minimum Gasteiger partial charge on any atom is -0.384 e. The van der Waals surface area contributed by atoms with Gasteiger partial charge in [0.15, 0.2) is 0 Å². The fourth-order valence-electron chi connectivity index (χ4n) is 4.04. The molecule has 1 aliphatic rings. The number of amides is 2. The molecular formula is C26H27N5O4S. The summed E-state index contributed by atoms with van der Waals surface area (Å²) in [5.41, 5.74) is 7.88. The number of hydrazine groups is 1. The molecule has 0 unspecified atom stereocenters. The molecule has 3 aromatic carbocycles. The van der Waals surface area contributed by atoms with Gasteiger partial charge in [0, 0.05) is 29.6 Å². The second kappa shape index (κ2) is 10.3. The van der Waals surface area contributed by atoms with Crippen molar-refractivity contribution in [3.8, 4) is 0 Å². The third-order valence-corrected chi connectivity index (χ3v) is 7.49. The Morgan fingerprint density at radius 2 is 1.75 bits per heavy atom. The number of benzene rings is 3. The zero-order valence-corrected chi connectivity index (χ0v) is 20.6. The normalized spacial score (nSPS) is 14.2. The monoisotopic (exact) mass is 505 g/mol. The lowest BCUT2D eigenvalue weighted by Gasteiger charge is -2.29. The quantitative estimate of drug-likeness (QED) is 0.275. The molecule has 4 rings (SSSR count). The molecule has 36 heavy (non-hydrogen) atoms. The lowest BCUT2D eigenvalue weighted by molar-refractivity contribution is -0.131. The lowest BCUT2D eigenvalue weighted by Crippen LogP contribution is -2.49. The van der Waals surface area contributed by atoms with E-state index in [1.807, 2.05) is 18.2 Å². The van der Waals surface area contributed by atoms with Gasteiger partial charge in [0.25, 0.3) is 15.9 Å². The molecule has 5 N–H and O–H groups in total. The summed E-state index contributed by atoms with van der Waals surface area (Å²) in [5.74, 6) is -0.930. The molecular weight excluding hydrogens is 478 g/mol. The number of nitrogens with two attached hydrogens (primary N) is 1. The number of rotatable bonds is 8. The van der Waals surface area contributed by atoms with Crippen LogP contribution in [0.4, 0.5) is 0 Å². The third-order valence-electron chi connectivity index (χ3n) is 6.09. The highest BCUT2D eigenvalue weighted by atomic mass is 32.2. The Hall–Kier alpha value is -4.02. The van der Waals surface area contributed by atoms with Crippen molar-refractivity contribution < 1.29 is 18.0 Å². The maximum atomic E-state index is 13.2. The average Bonchev–Trinajstić information content (AvgIpc) is 2.87. The molecule has 0 saturated carbocycles. The maximum Gasteiger partial charge on any atom is 0.265 e. The standard InChI is InChI=1S/C26H27N5O4S/c1-17-13-14-31(30-36(34,35)23-8-4-6-19-5-2-3-7-21(19)23)26(33)22(17)15-24(32)29-16-18-9-11-20(12-10-18)25(27)28/h2-12,30H,13-16H2,1H3,(H3,27,28)(H,29,32). The zero-order chi connectivity index (χ0) is 25.9. The van der Waals surface area contributed by atoms with E-state index >= 15 is 0 Å².